The summed E-state index contributed by atoms with van der Waals surface area (Å²) in [4.78, 5) is 22.7. The Balaban J connectivity index is 1.05. The van der Waals surface area contributed by atoms with E-state index in [1.165, 1.54) is 10.9 Å². The van der Waals surface area contributed by atoms with E-state index in [4.69, 9.17) is 14.0 Å². The molecular weight excluding hydrogens is 420 g/mol. The topological polar surface area (TPSA) is 93.5 Å². The van der Waals surface area contributed by atoms with Gasteiger partial charge in [0.2, 0.25) is 24.4 Å². The number of nitrogens with one attached hydrogen (secondary N) is 1. The summed E-state index contributed by atoms with van der Waals surface area (Å²) in [6, 6.07) is 13.8. The average Bonchev–Trinajstić information content (AvgIpc) is 3.62. The highest BCUT2D eigenvalue weighted by molar-refractivity contribution is 5.84. The van der Waals surface area contributed by atoms with Gasteiger partial charge in [0.15, 0.2) is 11.5 Å². The summed E-state index contributed by atoms with van der Waals surface area (Å²) in [5.74, 6) is 2.96. The van der Waals surface area contributed by atoms with Crippen molar-refractivity contribution in [2.24, 2.45) is 0 Å². The van der Waals surface area contributed by atoms with Crippen molar-refractivity contribution in [2.45, 2.75) is 31.6 Å². The summed E-state index contributed by atoms with van der Waals surface area (Å²) in [5.41, 5.74) is 3.13. The summed E-state index contributed by atoms with van der Waals surface area (Å²) in [6.45, 7) is 1.65. The number of rotatable bonds is 5. The van der Waals surface area contributed by atoms with Crippen LogP contribution in [0, 0.1) is 0 Å². The van der Waals surface area contributed by atoms with E-state index < -0.39 is 0 Å². The van der Waals surface area contributed by atoms with Crippen molar-refractivity contribution in [3.05, 3.63) is 60.1 Å². The summed E-state index contributed by atoms with van der Waals surface area (Å²) in [6.07, 6.45) is 4.91. The Labute approximate surface area is 190 Å². The Morgan fingerprint density at radius 2 is 1.94 bits per heavy atom. The van der Waals surface area contributed by atoms with Gasteiger partial charge in [-0.25, -0.2) is 0 Å². The molecule has 1 N–H and O–H groups in total. The zero-order chi connectivity index (χ0) is 22.2. The standard InChI is InChI=1S/C25H24N4O4/c30-23(8-6-18-14-26-20-4-2-1-3-19(18)20)29-11-9-16(10-12-29)25-27-24(28-33-25)17-5-7-21-22(13-17)32-15-31-21/h1-5,7,13-14,16,26H,6,8-12,15H2. The molecule has 1 fully saturated rings. The zero-order valence-electron chi connectivity index (χ0n) is 18.1. The number of hydrogen-bond acceptors (Lipinski definition) is 6. The van der Waals surface area contributed by atoms with E-state index in [0.717, 1.165) is 36.1 Å². The molecule has 2 aromatic carbocycles. The lowest BCUT2D eigenvalue weighted by atomic mass is 9.96. The van der Waals surface area contributed by atoms with Crippen LogP contribution in [-0.2, 0) is 11.2 Å². The molecule has 0 bridgehead atoms. The Hall–Kier alpha value is -3.81. The molecule has 0 radical (unpaired) electrons. The minimum absolute atomic E-state index is 0.165. The van der Waals surface area contributed by atoms with Gasteiger partial charge >= 0.3 is 0 Å². The smallest absolute Gasteiger partial charge is 0.231 e. The van der Waals surface area contributed by atoms with Gasteiger partial charge in [-0.3, -0.25) is 4.79 Å². The second kappa shape index (κ2) is 8.27. The number of carbonyl (C=O) groups is 1. The molecular formula is C25H24N4O4. The predicted molar refractivity (Wildman–Crippen MR) is 121 cm³/mol. The Bertz CT molecular complexity index is 1300. The summed E-state index contributed by atoms with van der Waals surface area (Å²) in [7, 11) is 0. The van der Waals surface area contributed by atoms with E-state index in [1.54, 1.807) is 0 Å². The first-order valence-corrected chi connectivity index (χ1v) is 11.3. The molecule has 2 aliphatic heterocycles. The fourth-order valence-corrected chi connectivity index (χ4v) is 4.67. The molecule has 0 saturated carbocycles. The lowest BCUT2D eigenvalue weighted by Crippen LogP contribution is -2.38. The summed E-state index contributed by atoms with van der Waals surface area (Å²) < 4.78 is 16.4. The van der Waals surface area contributed by atoms with Crippen LogP contribution in [0.25, 0.3) is 22.3 Å². The number of nitrogens with zero attached hydrogens (tertiary/aromatic N) is 3. The average molecular weight is 444 g/mol. The molecule has 2 aliphatic rings. The van der Waals surface area contributed by atoms with Crippen molar-refractivity contribution in [3.63, 3.8) is 0 Å². The number of H-pyrrole nitrogens is 1. The van der Waals surface area contributed by atoms with Crippen LogP contribution in [-0.4, -0.2) is 45.8 Å². The lowest BCUT2D eigenvalue weighted by Gasteiger charge is -2.30. The number of piperidine rings is 1. The molecule has 8 heteroatoms. The van der Waals surface area contributed by atoms with Gasteiger partial charge in [-0.05, 0) is 49.1 Å². The van der Waals surface area contributed by atoms with Gasteiger partial charge in [-0.1, -0.05) is 23.4 Å². The minimum Gasteiger partial charge on any atom is -0.454 e. The van der Waals surface area contributed by atoms with Crippen molar-refractivity contribution in [1.29, 1.82) is 0 Å². The molecule has 168 valence electrons. The number of carbonyl (C=O) groups excluding carboxylic acids is 1. The molecule has 4 aromatic rings. The molecule has 0 aliphatic carbocycles. The first-order valence-electron chi connectivity index (χ1n) is 11.3. The maximum absolute atomic E-state index is 12.8. The van der Waals surface area contributed by atoms with E-state index in [2.05, 4.69) is 27.3 Å². The molecule has 33 heavy (non-hydrogen) atoms. The maximum atomic E-state index is 12.8. The molecule has 0 unspecified atom stereocenters. The molecule has 0 spiro atoms. The highest BCUT2D eigenvalue weighted by Crippen LogP contribution is 2.36. The number of benzene rings is 2. The highest BCUT2D eigenvalue weighted by Gasteiger charge is 2.28. The van der Waals surface area contributed by atoms with Gasteiger partial charge < -0.3 is 23.9 Å². The second-order valence-corrected chi connectivity index (χ2v) is 8.54. The minimum atomic E-state index is 0.165. The molecule has 4 heterocycles. The van der Waals surface area contributed by atoms with Gasteiger partial charge in [-0.2, -0.15) is 4.98 Å². The van der Waals surface area contributed by atoms with Crippen LogP contribution in [0.5, 0.6) is 11.5 Å². The molecule has 8 nitrogen and oxygen atoms in total. The Morgan fingerprint density at radius 3 is 2.85 bits per heavy atom. The number of aryl methyl sites for hydroxylation is 1. The third-order valence-electron chi connectivity index (χ3n) is 6.55. The van der Waals surface area contributed by atoms with E-state index in [1.807, 2.05) is 41.4 Å². The van der Waals surface area contributed by atoms with E-state index in [0.29, 0.717) is 37.0 Å². The van der Waals surface area contributed by atoms with Crippen LogP contribution in [0.3, 0.4) is 0 Å². The van der Waals surface area contributed by atoms with Crippen LogP contribution in [0.2, 0.25) is 0 Å². The van der Waals surface area contributed by atoms with Crippen LogP contribution in [0.4, 0.5) is 0 Å². The van der Waals surface area contributed by atoms with Gasteiger partial charge in [0.05, 0.1) is 0 Å². The number of fused-ring (bicyclic) bond motifs is 2. The first-order chi connectivity index (χ1) is 16.2. The number of amides is 1. The normalized spacial score (nSPS) is 15.9. The van der Waals surface area contributed by atoms with Crippen LogP contribution >= 0.6 is 0 Å². The number of para-hydroxylation sites is 1. The summed E-state index contributed by atoms with van der Waals surface area (Å²) in [5, 5.41) is 5.35. The largest absolute Gasteiger partial charge is 0.454 e. The quantitative estimate of drug-likeness (QED) is 0.494. The van der Waals surface area contributed by atoms with E-state index >= 15 is 0 Å². The number of ether oxygens (including phenoxy) is 2. The van der Waals surface area contributed by atoms with Crippen molar-refractivity contribution in [1.82, 2.24) is 20.0 Å². The fraction of sp³-hybridized carbons (Fsp3) is 0.320. The van der Waals surface area contributed by atoms with Crippen molar-refractivity contribution < 1.29 is 18.8 Å². The monoisotopic (exact) mass is 444 g/mol. The molecule has 2 aromatic heterocycles. The van der Waals surface area contributed by atoms with Gasteiger partial charge in [0, 0.05) is 48.1 Å². The molecule has 1 amide bonds. The summed E-state index contributed by atoms with van der Waals surface area (Å²) >= 11 is 0. The van der Waals surface area contributed by atoms with Crippen molar-refractivity contribution in [2.75, 3.05) is 19.9 Å². The van der Waals surface area contributed by atoms with Gasteiger partial charge in [0.1, 0.15) is 0 Å². The molecule has 6 rings (SSSR count). The maximum Gasteiger partial charge on any atom is 0.231 e. The van der Waals surface area contributed by atoms with Crippen molar-refractivity contribution in [3.8, 4) is 22.9 Å². The predicted octanol–water partition coefficient (Wildman–Crippen LogP) is 4.29. The fourth-order valence-electron chi connectivity index (χ4n) is 4.67. The number of hydrogen-bond donors (Lipinski definition) is 1. The van der Waals surface area contributed by atoms with Crippen LogP contribution in [0.1, 0.15) is 36.6 Å². The van der Waals surface area contributed by atoms with Crippen LogP contribution < -0.4 is 9.47 Å². The zero-order valence-corrected chi connectivity index (χ0v) is 18.1. The second-order valence-electron chi connectivity index (χ2n) is 8.54. The first kappa shape index (κ1) is 19.8. The van der Waals surface area contributed by atoms with Gasteiger partial charge in [-0.15, -0.1) is 0 Å². The Morgan fingerprint density at radius 1 is 1.09 bits per heavy atom. The lowest BCUT2D eigenvalue weighted by molar-refractivity contribution is -0.132. The SMILES string of the molecule is O=C(CCc1c[nH]c2ccccc12)N1CCC(c2nc(-c3ccc4c(c3)OCO4)no2)CC1. The van der Waals surface area contributed by atoms with Gasteiger partial charge in [0.25, 0.3) is 0 Å². The molecule has 0 atom stereocenters. The van der Waals surface area contributed by atoms with Crippen LogP contribution in [0.15, 0.2) is 53.2 Å². The van der Waals surface area contributed by atoms with Crippen molar-refractivity contribution >= 4 is 16.8 Å². The number of likely N-dealkylation sites (tertiary alicyclic amines) is 1. The Kier molecular flexibility index (Phi) is 4.97. The number of aromatic nitrogens is 3. The third-order valence-corrected chi connectivity index (χ3v) is 6.55. The molecule has 1 saturated heterocycles. The third kappa shape index (κ3) is 3.82. The van der Waals surface area contributed by atoms with E-state index in [9.17, 15) is 4.79 Å². The van der Waals surface area contributed by atoms with E-state index in [-0.39, 0.29) is 18.6 Å². The highest BCUT2D eigenvalue weighted by atomic mass is 16.7. The number of aromatic amines is 1.